The lowest BCUT2D eigenvalue weighted by atomic mass is 10.2. The Morgan fingerprint density at radius 1 is 1.53 bits per heavy atom. The Labute approximate surface area is 93.3 Å². The van der Waals surface area contributed by atoms with E-state index in [1.807, 2.05) is 13.2 Å². The van der Waals surface area contributed by atoms with Gasteiger partial charge in [-0.3, -0.25) is 4.79 Å². The van der Waals surface area contributed by atoms with Crippen molar-refractivity contribution in [1.82, 2.24) is 0 Å². The predicted octanol–water partition coefficient (Wildman–Crippen LogP) is 2.82. The van der Waals surface area contributed by atoms with Crippen molar-refractivity contribution in [2.75, 3.05) is 11.6 Å². The highest BCUT2D eigenvalue weighted by Gasteiger charge is 2.11. The molecule has 2 nitrogen and oxygen atoms in total. The van der Waals surface area contributed by atoms with Gasteiger partial charge in [-0.2, -0.15) is 11.8 Å². The molecular formula is C11H14FNOS. The van der Waals surface area contributed by atoms with Crippen LogP contribution in [-0.2, 0) is 4.79 Å². The molecule has 0 saturated carbocycles. The van der Waals surface area contributed by atoms with Gasteiger partial charge in [0.2, 0.25) is 5.91 Å². The van der Waals surface area contributed by atoms with E-state index in [1.54, 1.807) is 19.1 Å². The molecule has 0 spiro atoms. The molecule has 0 aliphatic rings. The summed E-state index contributed by atoms with van der Waals surface area (Å²) in [6.07, 6.45) is 1.86. The summed E-state index contributed by atoms with van der Waals surface area (Å²) >= 11 is 1.45. The number of hydrogen-bond donors (Lipinski definition) is 1. The quantitative estimate of drug-likeness (QED) is 0.860. The van der Waals surface area contributed by atoms with Crippen LogP contribution in [0.5, 0.6) is 0 Å². The third kappa shape index (κ3) is 3.23. The summed E-state index contributed by atoms with van der Waals surface area (Å²) in [6.45, 7) is 3.50. The van der Waals surface area contributed by atoms with Crippen LogP contribution < -0.4 is 5.32 Å². The van der Waals surface area contributed by atoms with Gasteiger partial charge in [0, 0.05) is 5.69 Å². The molecule has 1 aromatic carbocycles. The molecule has 0 radical (unpaired) electrons. The summed E-state index contributed by atoms with van der Waals surface area (Å²) in [7, 11) is 0. The van der Waals surface area contributed by atoms with Crippen LogP contribution in [0.1, 0.15) is 12.5 Å². The van der Waals surface area contributed by atoms with Gasteiger partial charge in [0.1, 0.15) is 5.82 Å². The molecule has 1 atom stereocenters. The second-order valence-electron chi connectivity index (χ2n) is 3.33. The molecule has 1 rings (SSSR count). The summed E-state index contributed by atoms with van der Waals surface area (Å²) in [6, 6.07) is 4.68. The van der Waals surface area contributed by atoms with Crippen molar-refractivity contribution in [3.8, 4) is 0 Å². The molecule has 0 aromatic heterocycles. The zero-order chi connectivity index (χ0) is 11.4. The molecule has 1 amide bonds. The van der Waals surface area contributed by atoms with E-state index >= 15 is 0 Å². The third-order valence-corrected chi connectivity index (χ3v) is 3.08. The molecule has 0 unspecified atom stereocenters. The van der Waals surface area contributed by atoms with Gasteiger partial charge in [-0.15, -0.1) is 0 Å². The molecule has 15 heavy (non-hydrogen) atoms. The highest BCUT2D eigenvalue weighted by Crippen LogP contribution is 2.15. The second-order valence-corrected chi connectivity index (χ2v) is 4.51. The van der Waals surface area contributed by atoms with E-state index in [9.17, 15) is 9.18 Å². The minimum atomic E-state index is -0.301. The van der Waals surface area contributed by atoms with Crippen molar-refractivity contribution in [3.63, 3.8) is 0 Å². The van der Waals surface area contributed by atoms with E-state index in [0.717, 1.165) is 0 Å². The molecule has 0 saturated heterocycles. The minimum Gasteiger partial charge on any atom is -0.325 e. The van der Waals surface area contributed by atoms with Gasteiger partial charge in [0.15, 0.2) is 0 Å². The van der Waals surface area contributed by atoms with E-state index in [-0.39, 0.29) is 17.0 Å². The summed E-state index contributed by atoms with van der Waals surface area (Å²) in [5, 5.41) is 2.53. The molecule has 1 N–H and O–H groups in total. The zero-order valence-corrected chi connectivity index (χ0v) is 9.82. The van der Waals surface area contributed by atoms with Crippen molar-refractivity contribution >= 4 is 23.4 Å². The number of hydrogen-bond acceptors (Lipinski definition) is 2. The van der Waals surface area contributed by atoms with Crippen LogP contribution in [0.3, 0.4) is 0 Å². The van der Waals surface area contributed by atoms with Crippen LogP contribution >= 0.6 is 11.8 Å². The van der Waals surface area contributed by atoms with Gasteiger partial charge >= 0.3 is 0 Å². The number of amides is 1. The first kappa shape index (κ1) is 12.0. The molecule has 82 valence electrons. The molecule has 1 aromatic rings. The van der Waals surface area contributed by atoms with Crippen molar-refractivity contribution in [3.05, 3.63) is 29.6 Å². The number of halogens is 1. The fourth-order valence-corrected chi connectivity index (χ4v) is 1.29. The standard InChI is InChI=1S/C11H14FNOS/c1-7-4-5-9(6-10(7)12)13-11(14)8(2)15-3/h4-6,8H,1-3H3,(H,13,14)/t8-/m0/s1. The smallest absolute Gasteiger partial charge is 0.237 e. The van der Waals surface area contributed by atoms with Crippen molar-refractivity contribution in [2.45, 2.75) is 19.1 Å². The average molecular weight is 227 g/mol. The van der Waals surface area contributed by atoms with Crippen LogP contribution in [-0.4, -0.2) is 17.4 Å². The lowest BCUT2D eigenvalue weighted by molar-refractivity contribution is -0.115. The van der Waals surface area contributed by atoms with Crippen molar-refractivity contribution in [2.24, 2.45) is 0 Å². The van der Waals surface area contributed by atoms with E-state index in [2.05, 4.69) is 5.32 Å². The maximum atomic E-state index is 13.2. The minimum absolute atomic E-state index is 0.106. The highest BCUT2D eigenvalue weighted by molar-refractivity contribution is 7.99. The topological polar surface area (TPSA) is 29.1 Å². The normalized spacial score (nSPS) is 12.3. The number of nitrogens with one attached hydrogen (secondary N) is 1. The van der Waals surface area contributed by atoms with E-state index < -0.39 is 0 Å². The lowest BCUT2D eigenvalue weighted by Gasteiger charge is -2.10. The first-order valence-electron chi connectivity index (χ1n) is 4.64. The van der Waals surface area contributed by atoms with Crippen LogP contribution in [0.4, 0.5) is 10.1 Å². The van der Waals surface area contributed by atoms with Gasteiger partial charge in [0.25, 0.3) is 0 Å². The van der Waals surface area contributed by atoms with Crippen molar-refractivity contribution < 1.29 is 9.18 Å². The molecule has 0 aliphatic heterocycles. The van der Waals surface area contributed by atoms with Gasteiger partial charge in [-0.25, -0.2) is 4.39 Å². The molecular weight excluding hydrogens is 213 g/mol. The first-order chi connectivity index (χ1) is 7.04. The third-order valence-electron chi connectivity index (χ3n) is 2.16. The molecule has 4 heteroatoms. The Kier molecular flexibility index (Phi) is 4.15. The average Bonchev–Trinajstić information content (AvgIpc) is 2.22. The number of rotatable bonds is 3. The highest BCUT2D eigenvalue weighted by atomic mass is 32.2. The number of aryl methyl sites for hydroxylation is 1. The number of carbonyl (C=O) groups is 1. The van der Waals surface area contributed by atoms with Crippen LogP contribution in [0, 0.1) is 12.7 Å². The molecule has 0 aliphatic carbocycles. The number of benzene rings is 1. The monoisotopic (exact) mass is 227 g/mol. The maximum Gasteiger partial charge on any atom is 0.237 e. The Hall–Kier alpha value is -1.03. The molecule has 0 bridgehead atoms. The van der Waals surface area contributed by atoms with E-state index in [0.29, 0.717) is 11.3 Å². The van der Waals surface area contributed by atoms with Crippen LogP contribution in [0.25, 0.3) is 0 Å². The molecule has 0 fully saturated rings. The number of thioether (sulfide) groups is 1. The summed E-state index contributed by atoms with van der Waals surface area (Å²) in [5.41, 5.74) is 1.08. The van der Waals surface area contributed by atoms with E-state index in [4.69, 9.17) is 0 Å². The first-order valence-corrected chi connectivity index (χ1v) is 5.93. The maximum absolute atomic E-state index is 13.2. The van der Waals surface area contributed by atoms with Crippen LogP contribution in [0.15, 0.2) is 18.2 Å². The SMILES string of the molecule is CS[C@@H](C)C(=O)Nc1ccc(C)c(F)c1. The van der Waals surface area contributed by atoms with Gasteiger partial charge in [-0.1, -0.05) is 6.07 Å². The second kappa shape index (κ2) is 5.16. The Morgan fingerprint density at radius 2 is 2.20 bits per heavy atom. The van der Waals surface area contributed by atoms with Crippen LogP contribution in [0.2, 0.25) is 0 Å². The molecule has 0 heterocycles. The zero-order valence-electron chi connectivity index (χ0n) is 9.00. The van der Waals surface area contributed by atoms with E-state index in [1.165, 1.54) is 17.8 Å². The summed E-state index contributed by atoms with van der Waals surface area (Å²) < 4.78 is 13.2. The van der Waals surface area contributed by atoms with Gasteiger partial charge < -0.3 is 5.32 Å². The number of anilines is 1. The van der Waals surface area contributed by atoms with Gasteiger partial charge in [-0.05, 0) is 37.8 Å². The lowest BCUT2D eigenvalue weighted by Crippen LogP contribution is -2.22. The summed E-state index contributed by atoms with van der Waals surface area (Å²) in [5.74, 6) is -0.407. The summed E-state index contributed by atoms with van der Waals surface area (Å²) in [4.78, 5) is 11.5. The fraction of sp³-hybridized carbons (Fsp3) is 0.364. The Morgan fingerprint density at radius 3 is 2.73 bits per heavy atom. The Bertz CT molecular complexity index is 368. The fourth-order valence-electron chi connectivity index (χ4n) is 1.02. The largest absolute Gasteiger partial charge is 0.325 e. The predicted molar refractivity (Wildman–Crippen MR) is 62.7 cm³/mol. The number of carbonyl (C=O) groups excluding carboxylic acids is 1. The Balaban J connectivity index is 2.73. The van der Waals surface area contributed by atoms with Gasteiger partial charge in [0.05, 0.1) is 5.25 Å². The van der Waals surface area contributed by atoms with Crippen molar-refractivity contribution in [1.29, 1.82) is 0 Å².